The van der Waals surface area contributed by atoms with Crippen LogP contribution in [0.1, 0.15) is 92.7 Å². The Morgan fingerprint density at radius 3 is 1.09 bits per heavy atom. The summed E-state index contributed by atoms with van der Waals surface area (Å²) in [7, 11) is 0. The second-order valence-electron chi connectivity index (χ2n) is 22.5. The van der Waals surface area contributed by atoms with Crippen LogP contribution in [-0.2, 0) is 56.1 Å². The largest absolute Gasteiger partial charge is 0.485 e. The van der Waals surface area contributed by atoms with Gasteiger partial charge in [0, 0.05) is 24.2 Å². The Morgan fingerprint density at radius 1 is 0.442 bits per heavy atom. The van der Waals surface area contributed by atoms with Crippen LogP contribution in [0.5, 0.6) is 17.2 Å². The van der Waals surface area contributed by atoms with Crippen LogP contribution in [0.15, 0.2) is 78.9 Å². The highest BCUT2D eigenvalue weighted by molar-refractivity contribution is 7.59. The molecule has 2 unspecified atom stereocenters. The highest BCUT2D eigenvalue weighted by Gasteiger charge is 2.33. The van der Waals surface area contributed by atoms with Gasteiger partial charge in [0.05, 0.1) is 25.3 Å². The molecule has 0 aliphatic carbocycles. The lowest BCUT2D eigenvalue weighted by Crippen LogP contribution is -2.48. The maximum Gasteiger partial charge on any atom is 0.408 e. The Balaban J connectivity index is 0.00000140. The minimum atomic E-state index is -1.84. The number of ether oxygens (including phenoxy) is 8. The third-order valence-corrected chi connectivity index (χ3v) is 11.2. The van der Waals surface area contributed by atoms with Crippen molar-refractivity contribution in [2.45, 2.75) is 142 Å². The number of halogens is 12. The molecule has 0 aromatic heterocycles. The Kier molecular flexibility index (Phi) is 36.7. The molecule has 5 atom stereocenters. The number of nitrogens with one attached hydrogen (secondary N) is 2. The molecule has 0 saturated heterocycles. The quantitative estimate of drug-likeness (QED) is 0.0166. The average Bonchev–Trinajstić information content (AvgIpc) is 0.902. The monoisotopic (exact) mass is 1430 g/mol. The van der Waals surface area contributed by atoms with Crippen LogP contribution in [0, 0.1) is 69.8 Å². The van der Waals surface area contributed by atoms with Crippen molar-refractivity contribution in [2.75, 3.05) is 19.8 Å². The first-order valence-corrected chi connectivity index (χ1v) is 27.3. The van der Waals surface area contributed by atoms with E-state index in [1.807, 2.05) is 0 Å². The maximum atomic E-state index is 13.8. The van der Waals surface area contributed by atoms with Gasteiger partial charge >= 0.3 is 30.1 Å². The Hall–Kier alpha value is -7.79. The van der Waals surface area contributed by atoms with Crippen LogP contribution < -0.4 is 30.6 Å². The van der Waals surface area contributed by atoms with Crippen LogP contribution in [-0.4, -0.2) is 113 Å². The predicted molar refractivity (Wildman–Crippen MR) is 330 cm³/mol. The van der Waals surface area contributed by atoms with Crippen molar-refractivity contribution in [3.8, 4) is 17.2 Å². The average molecular weight is 1430 g/mol. The van der Waals surface area contributed by atoms with Gasteiger partial charge in [0.25, 0.3) is 0 Å². The fourth-order valence-electron chi connectivity index (χ4n) is 7.03. The molecule has 6 N–H and O–H groups in total. The molecule has 5 aromatic rings. The molecule has 19 nitrogen and oxygen atoms in total. The lowest BCUT2D eigenvalue weighted by Gasteiger charge is -2.26. The molecule has 0 bridgehead atoms. The SMILES string of the molecule is CC(C)(C)OC(=O)C[C@H](N)C(O)COc1c(F)c(F)cc(F)c1F.CC(C)(C)OC(=O)C[C@H](NC(=O)OCc1ccccc1)C(=O)COc1c(F)c(F)cc(F)c1F.CC(C)(C)OC(=O)C[C@H](NC(=O)OCc1ccccc1)C(O)COc1c(F)c(F)cc(F)c1F.S.S.S. The number of nitrogens with two attached hydrogens (primary N) is 1. The summed E-state index contributed by atoms with van der Waals surface area (Å²) in [5.74, 6) is -28.4. The molecule has 0 spiro atoms. The molecule has 5 rings (SSSR count). The van der Waals surface area contributed by atoms with Crippen molar-refractivity contribution in [1.29, 1.82) is 0 Å². The van der Waals surface area contributed by atoms with Crippen LogP contribution in [0.3, 0.4) is 0 Å². The van der Waals surface area contributed by atoms with Crippen molar-refractivity contribution in [2.24, 2.45) is 5.73 Å². The Bertz CT molecular complexity index is 3260. The van der Waals surface area contributed by atoms with Crippen molar-refractivity contribution < 1.29 is 130 Å². The molecule has 0 radical (unpaired) electrons. The van der Waals surface area contributed by atoms with E-state index in [4.69, 9.17) is 34.2 Å². The summed E-state index contributed by atoms with van der Waals surface area (Å²) < 4.78 is 201. The molecule has 0 saturated carbocycles. The second kappa shape index (κ2) is 39.9. The number of esters is 3. The van der Waals surface area contributed by atoms with Gasteiger partial charge in [-0.3, -0.25) is 19.2 Å². The number of ketones is 1. The normalized spacial score (nSPS) is 12.5. The molecule has 0 aliphatic rings. The summed E-state index contributed by atoms with van der Waals surface area (Å²) in [5, 5.41) is 24.6. The minimum Gasteiger partial charge on any atom is -0.485 e. The van der Waals surface area contributed by atoms with E-state index in [1.54, 1.807) is 123 Å². The number of hydrogen-bond donors (Lipinski definition) is 5. The number of rotatable bonds is 24. The van der Waals surface area contributed by atoms with E-state index in [0.29, 0.717) is 11.1 Å². The van der Waals surface area contributed by atoms with Gasteiger partial charge in [0.2, 0.25) is 34.9 Å². The van der Waals surface area contributed by atoms with Crippen molar-refractivity contribution in [3.63, 3.8) is 0 Å². The van der Waals surface area contributed by atoms with Gasteiger partial charge < -0.3 is 64.5 Å². The number of aliphatic hydroxyl groups excluding tert-OH is 2. The fourth-order valence-corrected chi connectivity index (χ4v) is 7.03. The van der Waals surface area contributed by atoms with Crippen molar-refractivity contribution in [1.82, 2.24) is 10.6 Å². The van der Waals surface area contributed by atoms with Crippen LogP contribution in [0.25, 0.3) is 0 Å². The molecule has 2 amide bonds. The fraction of sp³-hybridized carbons (Fsp3) is 0.410. The summed E-state index contributed by atoms with van der Waals surface area (Å²) in [6.45, 7) is 11.4. The zero-order chi connectivity index (χ0) is 69.6. The molecular weight excluding hydrogens is 1350 g/mol. The first-order valence-electron chi connectivity index (χ1n) is 27.3. The first-order chi connectivity index (χ1) is 42.7. The highest BCUT2D eigenvalue weighted by Crippen LogP contribution is 2.30. The van der Waals surface area contributed by atoms with Crippen LogP contribution >= 0.6 is 40.5 Å². The van der Waals surface area contributed by atoms with Gasteiger partial charge in [0.1, 0.15) is 68.1 Å². The standard InChI is InChI=1S/C23H25F4NO6.C23H23F4NO6.C15H19F4NO4.3H2S/c2*1-23(2,3)34-18(30)10-16(28-22(31)33-11-13-7-5-4-6-8-13)17(29)12-32-21-19(26)14(24)9-15(25)20(21)27;1-15(2,3)24-11(22)5-9(20)10(21)6-23-14-12(18)7(16)4-8(17)13(14)19;;;/h4-9,16-17,29H,10-12H2,1-3H3,(H,28,31);4-9,16H,10-12H2,1-3H3,(H,28,31);4,9-10,21H,5-6,20H2,1-3H3;3*1H2/t16-,17?;16-;9-,10?;;;/m000.../s1. The zero-order valence-corrected chi connectivity index (χ0v) is 55.3. The van der Waals surface area contributed by atoms with E-state index in [-0.39, 0.29) is 78.3 Å². The third-order valence-electron chi connectivity index (χ3n) is 11.2. The Labute approximate surface area is 558 Å². The Morgan fingerprint density at radius 2 is 0.747 bits per heavy atom. The summed E-state index contributed by atoms with van der Waals surface area (Å²) in [5.41, 5.74) is 4.37. The predicted octanol–water partition coefficient (Wildman–Crippen LogP) is 10.6. The van der Waals surface area contributed by atoms with E-state index in [9.17, 15) is 91.7 Å². The number of amides is 2. The van der Waals surface area contributed by atoms with Crippen molar-refractivity contribution in [3.05, 3.63) is 160 Å². The van der Waals surface area contributed by atoms with Crippen LogP contribution in [0.2, 0.25) is 0 Å². The van der Waals surface area contributed by atoms with Gasteiger partial charge in [-0.2, -0.15) is 66.8 Å². The lowest BCUT2D eigenvalue weighted by molar-refractivity contribution is -0.157. The summed E-state index contributed by atoms with van der Waals surface area (Å²) in [6, 6.07) is 13.1. The lowest BCUT2D eigenvalue weighted by atomic mass is 10.1. The summed E-state index contributed by atoms with van der Waals surface area (Å²) in [6.07, 6.45) is -6.97. The van der Waals surface area contributed by atoms with E-state index < -0.39 is 203 Å². The number of Topliss-reactive ketones (excluding diaryl/α,β-unsaturated/α-hetero) is 1. The number of hydrogen-bond acceptors (Lipinski definition) is 17. The van der Waals surface area contributed by atoms with E-state index in [0.717, 1.165) is 0 Å². The summed E-state index contributed by atoms with van der Waals surface area (Å²) >= 11 is 0. The number of carbonyl (C=O) groups excluding carboxylic acids is 6. The highest BCUT2D eigenvalue weighted by atomic mass is 32.1. The second-order valence-corrected chi connectivity index (χ2v) is 22.5. The molecule has 0 aliphatic heterocycles. The molecule has 5 aromatic carbocycles. The molecular formula is C61H73F12N3O16S3. The topological polar surface area (TPSA) is 267 Å². The van der Waals surface area contributed by atoms with Gasteiger partial charge in [-0.15, -0.1) is 0 Å². The maximum absolute atomic E-state index is 13.8. The summed E-state index contributed by atoms with van der Waals surface area (Å²) in [4.78, 5) is 72.9. The number of aliphatic hydroxyl groups is 2. The van der Waals surface area contributed by atoms with Gasteiger partial charge in [0.15, 0.2) is 57.9 Å². The van der Waals surface area contributed by atoms with Gasteiger partial charge in [-0.1, -0.05) is 60.7 Å². The van der Waals surface area contributed by atoms with Gasteiger partial charge in [-0.05, 0) is 73.4 Å². The van der Waals surface area contributed by atoms with E-state index >= 15 is 0 Å². The van der Waals surface area contributed by atoms with E-state index in [1.165, 1.54) is 0 Å². The third kappa shape index (κ3) is 31.1. The molecule has 0 heterocycles. The number of alkyl carbamates (subject to hydrolysis) is 2. The van der Waals surface area contributed by atoms with Crippen LogP contribution in [0.4, 0.5) is 62.3 Å². The zero-order valence-electron chi connectivity index (χ0n) is 52.3. The molecule has 0 fully saturated rings. The van der Waals surface area contributed by atoms with Gasteiger partial charge in [-0.25, -0.2) is 35.9 Å². The number of benzene rings is 5. The number of carbonyl (C=O) groups is 6. The first kappa shape index (κ1) is 87.2. The van der Waals surface area contributed by atoms with E-state index in [2.05, 4.69) is 20.1 Å². The molecule has 34 heteroatoms. The minimum absolute atomic E-state index is 0. The molecule has 530 valence electrons. The molecule has 95 heavy (non-hydrogen) atoms. The van der Waals surface area contributed by atoms with Crippen molar-refractivity contribution >= 4 is 76.4 Å². The smallest absolute Gasteiger partial charge is 0.408 e.